The minimum atomic E-state index is -0.588. The zero-order valence-corrected chi connectivity index (χ0v) is 19.0. The van der Waals surface area contributed by atoms with Crippen molar-refractivity contribution in [1.82, 2.24) is 4.90 Å². The van der Waals surface area contributed by atoms with E-state index >= 15 is 0 Å². The second-order valence-electron chi connectivity index (χ2n) is 8.80. The summed E-state index contributed by atoms with van der Waals surface area (Å²) in [4.78, 5) is 28.0. The van der Waals surface area contributed by atoms with Crippen molar-refractivity contribution in [3.8, 4) is 11.8 Å². The van der Waals surface area contributed by atoms with Crippen molar-refractivity contribution in [3.05, 3.63) is 94.5 Å². The van der Waals surface area contributed by atoms with Gasteiger partial charge in [-0.3, -0.25) is 9.59 Å². The number of amides is 2. The number of carbonyl (C=O) groups excluding carboxylic acids is 2. The number of aryl methyl sites for hydroxylation is 1. The average Bonchev–Trinajstić information content (AvgIpc) is 2.99. The normalized spacial score (nSPS) is 19.2. The molecule has 0 saturated carbocycles. The molecule has 1 N–H and O–H groups in total. The molecule has 2 amide bonds. The highest BCUT2D eigenvalue weighted by Gasteiger charge is 2.35. The van der Waals surface area contributed by atoms with Crippen molar-refractivity contribution in [1.29, 1.82) is 5.26 Å². The molecule has 170 valence electrons. The quantitative estimate of drug-likeness (QED) is 0.608. The molecule has 3 aromatic carbocycles. The van der Waals surface area contributed by atoms with Gasteiger partial charge in [-0.05, 0) is 79.8 Å². The molecular formula is C28H25N3O3. The number of anilines is 1. The first kappa shape index (κ1) is 21.7. The standard InChI is InChI=1S/C28H25N3O3/c1-18-28(33)31(25-8-4-6-20-5-2-3-7-24(20)25)17-22-15-23(13-14-26(22)34-18)30-27(32)21-11-9-19(16-29)10-12-21/h2-3,5,7,9-15,18,25H,4,6,8,17H2,1H3,(H,30,32)/t18-,25-/m0/s1. The van der Waals surface area contributed by atoms with E-state index in [1.807, 2.05) is 29.2 Å². The predicted molar refractivity (Wildman–Crippen MR) is 128 cm³/mol. The van der Waals surface area contributed by atoms with Crippen LogP contribution in [-0.4, -0.2) is 22.8 Å². The van der Waals surface area contributed by atoms with Crippen LogP contribution in [0.2, 0.25) is 0 Å². The number of hydrogen-bond donors (Lipinski definition) is 1. The maximum absolute atomic E-state index is 13.3. The zero-order chi connectivity index (χ0) is 23.7. The van der Waals surface area contributed by atoms with Gasteiger partial charge in [0.25, 0.3) is 11.8 Å². The lowest BCUT2D eigenvalue weighted by Crippen LogP contribution is -2.41. The van der Waals surface area contributed by atoms with Gasteiger partial charge in [0.1, 0.15) is 5.75 Å². The number of benzene rings is 3. The van der Waals surface area contributed by atoms with Crippen LogP contribution < -0.4 is 10.1 Å². The molecule has 0 unspecified atom stereocenters. The molecule has 0 aromatic heterocycles. The summed E-state index contributed by atoms with van der Waals surface area (Å²) in [6.45, 7) is 2.21. The van der Waals surface area contributed by atoms with Crippen LogP contribution in [-0.2, 0) is 17.8 Å². The van der Waals surface area contributed by atoms with Crippen molar-refractivity contribution in [2.45, 2.75) is 44.9 Å². The molecule has 0 spiro atoms. The number of rotatable bonds is 3. The van der Waals surface area contributed by atoms with E-state index in [-0.39, 0.29) is 17.9 Å². The second-order valence-corrected chi connectivity index (χ2v) is 8.80. The third-order valence-corrected chi connectivity index (χ3v) is 6.58. The Kier molecular flexibility index (Phi) is 5.77. The summed E-state index contributed by atoms with van der Waals surface area (Å²) in [6, 6.07) is 22.4. The van der Waals surface area contributed by atoms with Crippen LogP contribution in [0.25, 0.3) is 0 Å². The van der Waals surface area contributed by atoms with Crippen molar-refractivity contribution in [2.75, 3.05) is 5.32 Å². The summed E-state index contributed by atoms with van der Waals surface area (Å²) in [7, 11) is 0. The van der Waals surface area contributed by atoms with Crippen LogP contribution in [0, 0.1) is 11.3 Å². The highest BCUT2D eigenvalue weighted by atomic mass is 16.5. The van der Waals surface area contributed by atoms with E-state index < -0.39 is 6.10 Å². The maximum Gasteiger partial charge on any atom is 0.264 e. The number of ether oxygens (including phenoxy) is 1. The van der Waals surface area contributed by atoms with Crippen LogP contribution in [0.4, 0.5) is 5.69 Å². The van der Waals surface area contributed by atoms with Crippen molar-refractivity contribution in [2.24, 2.45) is 0 Å². The van der Waals surface area contributed by atoms with E-state index in [0.29, 0.717) is 29.1 Å². The Morgan fingerprint density at radius 3 is 2.68 bits per heavy atom. The summed E-state index contributed by atoms with van der Waals surface area (Å²) >= 11 is 0. The lowest BCUT2D eigenvalue weighted by atomic mass is 9.86. The van der Waals surface area contributed by atoms with Crippen LogP contribution in [0.5, 0.6) is 5.75 Å². The van der Waals surface area contributed by atoms with Gasteiger partial charge in [-0.2, -0.15) is 5.26 Å². The summed E-state index contributed by atoms with van der Waals surface area (Å²) in [5, 5.41) is 11.9. The topological polar surface area (TPSA) is 82.4 Å². The van der Waals surface area contributed by atoms with Crippen molar-refractivity contribution >= 4 is 17.5 Å². The molecule has 1 aliphatic heterocycles. The lowest BCUT2D eigenvalue weighted by molar-refractivity contribution is -0.140. The molecule has 2 atom stereocenters. The van der Waals surface area contributed by atoms with Gasteiger partial charge in [-0.25, -0.2) is 0 Å². The van der Waals surface area contributed by atoms with Crippen LogP contribution in [0.1, 0.15) is 58.4 Å². The van der Waals surface area contributed by atoms with Gasteiger partial charge in [0, 0.05) is 16.8 Å². The Balaban J connectivity index is 1.42. The molecule has 34 heavy (non-hydrogen) atoms. The Labute approximate surface area is 198 Å². The highest BCUT2D eigenvalue weighted by molar-refractivity contribution is 6.04. The fourth-order valence-electron chi connectivity index (χ4n) is 4.85. The molecule has 0 bridgehead atoms. The van der Waals surface area contributed by atoms with Crippen molar-refractivity contribution in [3.63, 3.8) is 0 Å². The Hall–Kier alpha value is -4.11. The van der Waals surface area contributed by atoms with Crippen molar-refractivity contribution < 1.29 is 14.3 Å². The molecule has 0 radical (unpaired) electrons. The van der Waals surface area contributed by atoms with Gasteiger partial charge in [-0.1, -0.05) is 24.3 Å². The smallest absolute Gasteiger partial charge is 0.264 e. The van der Waals surface area contributed by atoms with Crippen LogP contribution in [0.3, 0.4) is 0 Å². The summed E-state index contributed by atoms with van der Waals surface area (Å²) in [5.41, 5.74) is 4.97. The van der Waals surface area contributed by atoms with Gasteiger partial charge >= 0.3 is 0 Å². The molecule has 0 fully saturated rings. The third-order valence-electron chi connectivity index (χ3n) is 6.58. The Morgan fingerprint density at radius 1 is 1.09 bits per heavy atom. The fourth-order valence-corrected chi connectivity index (χ4v) is 4.85. The molecule has 6 heteroatoms. The average molecular weight is 452 g/mol. The van der Waals surface area contributed by atoms with Gasteiger partial charge in [-0.15, -0.1) is 0 Å². The van der Waals surface area contributed by atoms with Gasteiger partial charge in [0.2, 0.25) is 0 Å². The molecule has 0 saturated heterocycles. The van der Waals surface area contributed by atoms with Crippen LogP contribution in [0.15, 0.2) is 66.7 Å². The first-order chi connectivity index (χ1) is 16.5. The number of carbonyl (C=O) groups is 2. The first-order valence-corrected chi connectivity index (χ1v) is 11.5. The minimum absolute atomic E-state index is 0.00588. The number of fused-ring (bicyclic) bond motifs is 2. The molecular weight excluding hydrogens is 426 g/mol. The van der Waals surface area contributed by atoms with Gasteiger partial charge < -0.3 is 15.0 Å². The van der Waals surface area contributed by atoms with Gasteiger partial charge in [0.15, 0.2) is 6.10 Å². The third kappa shape index (κ3) is 4.13. The molecule has 1 heterocycles. The number of hydrogen-bond acceptors (Lipinski definition) is 4. The Bertz CT molecular complexity index is 1290. The predicted octanol–water partition coefficient (Wildman–Crippen LogP) is 5.00. The summed E-state index contributed by atoms with van der Waals surface area (Å²) < 4.78 is 6.01. The van der Waals surface area contributed by atoms with E-state index in [1.54, 1.807) is 37.3 Å². The SMILES string of the molecule is C[C@@H]1Oc2ccc(NC(=O)c3ccc(C#N)cc3)cc2CN([C@H]2CCCc3ccccc32)C1=O. The maximum atomic E-state index is 13.3. The van der Waals surface area contributed by atoms with E-state index in [2.05, 4.69) is 23.5 Å². The molecule has 1 aliphatic carbocycles. The fraction of sp³-hybridized carbons (Fsp3) is 0.250. The monoisotopic (exact) mass is 451 g/mol. The molecule has 2 aliphatic rings. The van der Waals surface area contributed by atoms with Gasteiger partial charge in [0.05, 0.1) is 24.2 Å². The highest BCUT2D eigenvalue weighted by Crippen LogP contribution is 2.38. The lowest BCUT2D eigenvalue weighted by Gasteiger charge is -2.35. The van der Waals surface area contributed by atoms with Crippen LogP contribution >= 0.6 is 0 Å². The Morgan fingerprint density at radius 2 is 1.88 bits per heavy atom. The number of nitriles is 1. The first-order valence-electron chi connectivity index (χ1n) is 11.5. The second kappa shape index (κ2) is 9.03. The molecule has 6 nitrogen and oxygen atoms in total. The largest absolute Gasteiger partial charge is 0.481 e. The number of nitrogens with one attached hydrogen (secondary N) is 1. The summed E-state index contributed by atoms with van der Waals surface area (Å²) in [6.07, 6.45) is 2.39. The van der Waals surface area contributed by atoms with E-state index in [0.717, 1.165) is 24.8 Å². The number of nitrogens with zero attached hydrogens (tertiary/aromatic N) is 2. The summed E-state index contributed by atoms with van der Waals surface area (Å²) in [5.74, 6) is 0.367. The van der Waals surface area contributed by atoms with E-state index in [1.165, 1.54) is 11.1 Å². The van der Waals surface area contributed by atoms with E-state index in [9.17, 15) is 9.59 Å². The van der Waals surface area contributed by atoms with E-state index in [4.69, 9.17) is 10.00 Å². The zero-order valence-electron chi connectivity index (χ0n) is 19.0. The minimum Gasteiger partial charge on any atom is -0.481 e. The molecule has 3 aromatic rings. The molecule has 5 rings (SSSR count).